The van der Waals surface area contributed by atoms with E-state index in [1.54, 1.807) is 27.7 Å². The number of hydrogen-bond acceptors (Lipinski definition) is 3. The van der Waals surface area contributed by atoms with Gasteiger partial charge < -0.3 is 10.6 Å². The summed E-state index contributed by atoms with van der Waals surface area (Å²) >= 11 is 0. The van der Waals surface area contributed by atoms with Crippen molar-refractivity contribution in [2.24, 2.45) is 7.05 Å². The van der Waals surface area contributed by atoms with Crippen molar-refractivity contribution in [3.8, 4) is 11.1 Å². The predicted octanol–water partition coefficient (Wildman–Crippen LogP) is 1.54. The number of aryl methyl sites for hydroxylation is 1. The molecule has 0 bridgehead atoms. The maximum atomic E-state index is 12.2. The first-order chi connectivity index (χ1) is 9.59. The minimum absolute atomic E-state index is 0.0138. The molecule has 1 fully saturated rings. The van der Waals surface area contributed by atoms with Crippen LogP contribution < -0.4 is 10.6 Å². The molecule has 2 amide bonds. The quantitative estimate of drug-likeness (QED) is 0.901. The van der Waals surface area contributed by atoms with E-state index in [1.807, 2.05) is 31.3 Å². The smallest absolute Gasteiger partial charge is 0.324 e. The van der Waals surface area contributed by atoms with E-state index in [0.717, 1.165) is 23.4 Å². The van der Waals surface area contributed by atoms with Crippen molar-refractivity contribution in [3.63, 3.8) is 0 Å². The second kappa shape index (κ2) is 4.56. The van der Waals surface area contributed by atoms with Crippen LogP contribution in [0.1, 0.15) is 0 Å². The highest BCUT2D eigenvalue weighted by Gasteiger charge is 2.28. The summed E-state index contributed by atoms with van der Waals surface area (Å²) in [4.78, 5) is 15.7. The van der Waals surface area contributed by atoms with E-state index in [2.05, 4.69) is 5.10 Å². The van der Waals surface area contributed by atoms with E-state index in [4.69, 9.17) is 5.73 Å². The number of carbonyl (C=O) groups is 1. The number of amides is 2. The van der Waals surface area contributed by atoms with Gasteiger partial charge in [-0.2, -0.15) is 5.10 Å². The third-order valence-electron chi connectivity index (χ3n) is 3.69. The number of para-hydroxylation sites is 1. The van der Waals surface area contributed by atoms with Crippen LogP contribution in [-0.4, -0.2) is 40.8 Å². The van der Waals surface area contributed by atoms with Crippen molar-refractivity contribution in [3.05, 3.63) is 30.5 Å². The van der Waals surface area contributed by atoms with Crippen molar-refractivity contribution in [1.82, 2.24) is 14.7 Å². The van der Waals surface area contributed by atoms with Crippen LogP contribution in [0.15, 0.2) is 30.5 Å². The molecule has 0 atom stereocenters. The SMILES string of the molecule is CN1CCN(c2ccccc2-c2cnn(C)c2N)C1=O. The number of carbonyl (C=O) groups excluding carboxylic acids is 1. The first kappa shape index (κ1) is 12.5. The number of anilines is 2. The molecule has 0 aliphatic carbocycles. The second-order valence-electron chi connectivity index (χ2n) is 4.94. The average Bonchev–Trinajstić information content (AvgIpc) is 2.95. The normalized spacial score (nSPS) is 15.2. The molecule has 1 aliphatic rings. The fourth-order valence-corrected chi connectivity index (χ4v) is 2.46. The van der Waals surface area contributed by atoms with Gasteiger partial charge in [0.15, 0.2) is 0 Å². The van der Waals surface area contributed by atoms with Gasteiger partial charge >= 0.3 is 6.03 Å². The number of nitrogen functional groups attached to an aromatic ring is 1. The Kier molecular flexibility index (Phi) is 2.85. The Morgan fingerprint density at radius 2 is 1.90 bits per heavy atom. The molecule has 0 unspecified atom stereocenters. The van der Waals surface area contributed by atoms with Crippen LogP contribution in [0.3, 0.4) is 0 Å². The monoisotopic (exact) mass is 271 g/mol. The van der Waals surface area contributed by atoms with E-state index in [9.17, 15) is 4.79 Å². The van der Waals surface area contributed by atoms with Gasteiger partial charge in [-0.25, -0.2) is 4.79 Å². The summed E-state index contributed by atoms with van der Waals surface area (Å²) in [6.45, 7) is 1.42. The zero-order valence-corrected chi connectivity index (χ0v) is 11.6. The Bertz CT molecular complexity index is 663. The van der Waals surface area contributed by atoms with Crippen molar-refractivity contribution in [1.29, 1.82) is 0 Å². The topological polar surface area (TPSA) is 67.4 Å². The van der Waals surface area contributed by atoms with E-state index in [1.165, 1.54) is 0 Å². The molecule has 1 aromatic carbocycles. The third kappa shape index (κ3) is 1.80. The summed E-state index contributed by atoms with van der Waals surface area (Å²) in [5, 5.41) is 4.17. The van der Waals surface area contributed by atoms with Gasteiger partial charge in [-0.15, -0.1) is 0 Å². The zero-order valence-electron chi connectivity index (χ0n) is 11.6. The first-order valence-electron chi connectivity index (χ1n) is 6.49. The lowest BCUT2D eigenvalue weighted by atomic mass is 10.1. The zero-order chi connectivity index (χ0) is 14.3. The summed E-state index contributed by atoms with van der Waals surface area (Å²) in [7, 11) is 3.61. The summed E-state index contributed by atoms with van der Waals surface area (Å²) in [6.07, 6.45) is 1.73. The fraction of sp³-hybridized carbons (Fsp3) is 0.286. The lowest BCUT2D eigenvalue weighted by Gasteiger charge is -2.19. The average molecular weight is 271 g/mol. The number of nitrogens with two attached hydrogens (primary N) is 1. The number of rotatable bonds is 2. The molecule has 0 radical (unpaired) electrons. The Balaban J connectivity index is 2.10. The first-order valence-corrected chi connectivity index (χ1v) is 6.49. The van der Waals surface area contributed by atoms with Gasteiger partial charge in [0.2, 0.25) is 0 Å². The summed E-state index contributed by atoms with van der Waals surface area (Å²) in [5.41, 5.74) is 8.71. The molecule has 104 valence electrons. The van der Waals surface area contributed by atoms with Gasteiger partial charge in [0.25, 0.3) is 0 Å². The van der Waals surface area contributed by atoms with Crippen LogP contribution in [0.4, 0.5) is 16.3 Å². The number of likely N-dealkylation sites (N-methyl/N-ethyl adjacent to an activating group) is 1. The van der Waals surface area contributed by atoms with Crippen molar-refractivity contribution in [2.75, 3.05) is 30.8 Å². The van der Waals surface area contributed by atoms with Gasteiger partial charge in [-0.1, -0.05) is 18.2 Å². The van der Waals surface area contributed by atoms with Crippen LogP contribution in [0.2, 0.25) is 0 Å². The molecule has 6 heteroatoms. The lowest BCUT2D eigenvalue weighted by Crippen LogP contribution is -2.29. The standard InChI is InChI=1S/C14H17N5O/c1-17-7-8-19(14(17)20)12-6-4-3-5-10(12)11-9-16-18(2)13(11)15/h3-6,9H,7-8,15H2,1-2H3. The number of hydrogen-bond donors (Lipinski definition) is 1. The maximum absolute atomic E-state index is 12.2. The highest BCUT2D eigenvalue weighted by Crippen LogP contribution is 2.35. The molecule has 2 heterocycles. The molecule has 2 N–H and O–H groups in total. The van der Waals surface area contributed by atoms with E-state index in [0.29, 0.717) is 12.4 Å². The maximum Gasteiger partial charge on any atom is 0.324 e. The highest BCUT2D eigenvalue weighted by molar-refractivity contribution is 5.99. The minimum atomic E-state index is 0.0138. The van der Waals surface area contributed by atoms with Crippen LogP contribution in [0.5, 0.6) is 0 Å². The number of urea groups is 1. The Labute approximate surface area is 117 Å². The summed E-state index contributed by atoms with van der Waals surface area (Å²) in [6, 6.07) is 7.79. The molecule has 1 aliphatic heterocycles. The minimum Gasteiger partial charge on any atom is -0.383 e. The van der Waals surface area contributed by atoms with Gasteiger partial charge in [0.05, 0.1) is 11.9 Å². The predicted molar refractivity (Wildman–Crippen MR) is 78.4 cm³/mol. The van der Waals surface area contributed by atoms with E-state index < -0.39 is 0 Å². The molecule has 1 aromatic heterocycles. The molecule has 1 saturated heterocycles. The van der Waals surface area contributed by atoms with Crippen LogP contribution in [-0.2, 0) is 7.05 Å². The molecule has 3 rings (SSSR count). The molecule has 20 heavy (non-hydrogen) atoms. The van der Waals surface area contributed by atoms with E-state index >= 15 is 0 Å². The number of nitrogens with zero attached hydrogens (tertiary/aromatic N) is 4. The molecule has 0 spiro atoms. The Hall–Kier alpha value is -2.50. The lowest BCUT2D eigenvalue weighted by molar-refractivity contribution is 0.229. The van der Waals surface area contributed by atoms with Crippen LogP contribution >= 0.6 is 0 Å². The number of aromatic nitrogens is 2. The second-order valence-corrected chi connectivity index (χ2v) is 4.94. The molecule has 0 saturated carbocycles. The molecule has 6 nitrogen and oxygen atoms in total. The molecular formula is C14H17N5O. The highest BCUT2D eigenvalue weighted by atomic mass is 16.2. The van der Waals surface area contributed by atoms with Crippen LogP contribution in [0, 0.1) is 0 Å². The Morgan fingerprint density at radius 1 is 1.15 bits per heavy atom. The van der Waals surface area contributed by atoms with Crippen molar-refractivity contribution in [2.45, 2.75) is 0 Å². The summed E-state index contributed by atoms with van der Waals surface area (Å²) < 4.78 is 1.63. The summed E-state index contributed by atoms with van der Waals surface area (Å²) in [5.74, 6) is 0.595. The van der Waals surface area contributed by atoms with E-state index in [-0.39, 0.29) is 6.03 Å². The van der Waals surface area contributed by atoms with Gasteiger partial charge in [-0.05, 0) is 6.07 Å². The van der Waals surface area contributed by atoms with Crippen LogP contribution in [0.25, 0.3) is 11.1 Å². The van der Waals surface area contributed by atoms with Gasteiger partial charge in [0.1, 0.15) is 5.82 Å². The Morgan fingerprint density at radius 3 is 2.50 bits per heavy atom. The van der Waals surface area contributed by atoms with Gasteiger partial charge in [0, 0.05) is 38.3 Å². The molecule has 2 aromatic rings. The largest absolute Gasteiger partial charge is 0.383 e. The van der Waals surface area contributed by atoms with Crippen molar-refractivity contribution < 1.29 is 4.79 Å². The fourth-order valence-electron chi connectivity index (χ4n) is 2.46. The number of benzene rings is 1. The third-order valence-corrected chi connectivity index (χ3v) is 3.69. The van der Waals surface area contributed by atoms with Crippen molar-refractivity contribution >= 4 is 17.5 Å². The van der Waals surface area contributed by atoms with Gasteiger partial charge in [-0.3, -0.25) is 9.58 Å². The molecular weight excluding hydrogens is 254 g/mol.